The van der Waals surface area contributed by atoms with Gasteiger partial charge in [0.15, 0.2) is 0 Å². The lowest BCUT2D eigenvalue weighted by Gasteiger charge is -2.37. The molecule has 3 heteroatoms. The van der Waals surface area contributed by atoms with E-state index in [1.54, 1.807) is 0 Å². The summed E-state index contributed by atoms with van der Waals surface area (Å²) < 4.78 is 13.3. The normalized spacial score (nSPS) is 24.7. The summed E-state index contributed by atoms with van der Waals surface area (Å²) in [6, 6.07) is 0. The van der Waals surface area contributed by atoms with Crippen molar-refractivity contribution in [3.63, 3.8) is 0 Å². The van der Waals surface area contributed by atoms with E-state index in [0.29, 0.717) is 17.5 Å². The number of aldehydes is 1. The van der Waals surface area contributed by atoms with E-state index in [1.807, 2.05) is 0 Å². The van der Waals surface area contributed by atoms with Crippen LogP contribution in [-0.4, -0.2) is 23.8 Å². The quantitative estimate of drug-likeness (QED) is 0.557. The number of hydrogen-bond donors (Lipinski definition) is 0. The van der Waals surface area contributed by atoms with Gasteiger partial charge in [0.05, 0.1) is 6.16 Å². The van der Waals surface area contributed by atoms with E-state index >= 15 is 0 Å². The van der Waals surface area contributed by atoms with E-state index in [1.165, 1.54) is 38.5 Å². The van der Waals surface area contributed by atoms with Gasteiger partial charge < -0.3 is 9.36 Å². The minimum atomic E-state index is -2.24. The molecule has 0 N–H and O–H groups in total. The molecule has 0 saturated heterocycles. The second kappa shape index (κ2) is 6.18. The zero-order valence-electron chi connectivity index (χ0n) is 10.8. The highest BCUT2D eigenvalue weighted by molar-refractivity contribution is 7.66. The number of rotatable bonds is 4. The molecule has 0 amide bonds. The van der Waals surface area contributed by atoms with Crippen LogP contribution in [-0.2, 0) is 9.36 Å². The van der Waals surface area contributed by atoms with Crippen molar-refractivity contribution in [2.24, 2.45) is 0 Å². The fourth-order valence-electron chi connectivity index (χ4n) is 3.75. The first-order chi connectivity index (χ1) is 8.27. The van der Waals surface area contributed by atoms with Crippen LogP contribution in [0.3, 0.4) is 0 Å². The highest BCUT2D eigenvalue weighted by atomic mass is 31.2. The molecular formula is C14H25O2P. The van der Waals surface area contributed by atoms with Crippen molar-refractivity contribution in [1.29, 1.82) is 0 Å². The number of hydrogen-bond acceptors (Lipinski definition) is 2. The molecule has 0 aromatic rings. The Balaban J connectivity index is 2.11. The van der Waals surface area contributed by atoms with Gasteiger partial charge in [-0.05, 0) is 25.7 Å². The van der Waals surface area contributed by atoms with Gasteiger partial charge in [0.2, 0.25) is 0 Å². The molecule has 2 nitrogen and oxygen atoms in total. The average Bonchev–Trinajstić information content (AvgIpc) is 2.41. The van der Waals surface area contributed by atoms with E-state index in [-0.39, 0.29) is 0 Å². The van der Waals surface area contributed by atoms with Crippen LogP contribution in [0.1, 0.15) is 64.2 Å². The molecule has 98 valence electrons. The van der Waals surface area contributed by atoms with Gasteiger partial charge in [0, 0.05) is 11.3 Å². The summed E-state index contributed by atoms with van der Waals surface area (Å²) in [5, 5.41) is 0. The summed E-state index contributed by atoms with van der Waals surface area (Å²) in [6.07, 6.45) is 13.2. The zero-order chi connectivity index (χ0) is 12.1. The first kappa shape index (κ1) is 13.3. The van der Waals surface area contributed by atoms with Gasteiger partial charge in [-0.3, -0.25) is 0 Å². The van der Waals surface area contributed by atoms with Crippen LogP contribution >= 0.6 is 7.14 Å². The Kier molecular flexibility index (Phi) is 4.85. The monoisotopic (exact) mass is 256 g/mol. The van der Waals surface area contributed by atoms with Gasteiger partial charge >= 0.3 is 0 Å². The predicted molar refractivity (Wildman–Crippen MR) is 72.3 cm³/mol. The Bertz CT molecular complexity index is 267. The standard InChI is InChI=1S/C14H25O2P/c15-11-12-17(16,13-7-3-1-4-8-13)14-9-5-2-6-10-14/h11,13-14H,1-10,12H2. The fourth-order valence-corrected chi connectivity index (χ4v) is 7.65. The van der Waals surface area contributed by atoms with Gasteiger partial charge in [-0.15, -0.1) is 0 Å². The Morgan fingerprint density at radius 2 is 1.24 bits per heavy atom. The Morgan fingerprint density at radius 3 is 1.59 bits per heavy atom. The highest BCUT2D eigenvalue weighted by Crippen LogP contribution is 2.61. The maximum atomic E-state index is 13.3. The second-order valence-electron chi connectivity index (χ2n) is 5.79. The molecule has 0 aromatic carbocycles. The molecule has 2 saturated carbocycles. The molecule has 2 aliphatic carbocycles. The van der Waals surface area contributed by atoms with Crippen LogP contribution in [0.25, 0.3) is 0 Å². The van der Waals surface area contributed by atoms with Gasteiger partial charge in [0.1, 0.15) is 13.4 Å². The Labute approximate surface area is 105 Å². The van der Waals surface area contributed by atoms with Crippen molar-refractivity contribution in [3.05, 3.63) is 0 Å². The van der Waals surface area contributed by atoms with Crippen molar-refractivity contribution in [1.82, 2.24) is 0 Å². The SMILES string of the molecule is O=CCP(=O)(C1CCCCC1)C1CCCCC1. The van der Waals surface area contributed by atoms with Gasteiger partial charge in [-0.2, -0.15) is 0 Å². The lowest BCUT2D eigenvalue weighted by Crippen LogP contribution is -2.25. The van der Waals surface area contributed by atoms with Gasteiger partial charge in [0.25, 0.3) is 0 Å². The van der Waals surface area contributed by atoms with Crippen LogP contribution < -0.4 is 0 Å². The van der Waals surface area contributed by atoms with E-state index in [0.717, 1.165) is 32.0 Å². The molecular weight excluding hydrogens is 231 g/mol. The first-order valence-corrected chi connectivity index (χ1v) is 9.32. The van der Waals surface area contributed by atoms with E-state index in [4.69, 9.17) is 0 Å². The topological polar surface area (TPSA) is 34.1 Å². The molecule has 0 aliphatic heterocycles. The van der Waals surface area contributed by atoms with Crippen LogP contribution in [0.15, 0.2) is 0 Å². The van der Waals surface area contributed by atoms with Crippen LogP contribution in [0, 0.1) is 0 Å². The molecule has 0 radical (unpaired) electrons. The molecule has 0 unspecified atom stereocenters. The van der Waals surface area contributed by atoms with Crippen LogP contribution in [0.5, 0.6) is 0 Å². The lowest BCUT2D eigenvalue weighted by molar-refractivity contribution is -0.105. The van der Waals surface area contributed by atoms with Crippen LogP contribution in [0.2, 0.25) is 0 Å². The highest BCUT2D eigenvalue weighted by Gasteiger charge is 2.40. The lowest BCUT2D eigenvalue weighted by atomic mass is 9.99. The van der Waals surface area contributed by atoms with E-state index in [2.05, 4.69) is 0 Å². The molecule has 17 heavy (non-hydrogen) atoms. The summed E-state index contributed by atoms with van der Waals surface area (Å²) in [5.74, 6) is 0. The molecule has 0 aromatic heterocycles. The Hall–Kier alpha value is -0.100. The smallest absolute Gasteiger partial charge is 0.127 e. The van der Waals surface area contributed by atoms with E-state index in [9.17, 15) is 9.36 Å². The summed E-state index contributed by atoms with van der Waals surface area (Å²) in [7, 11) is -2.24. The van der Waals surface area contributed by atoms with Crippen molar-refractivity contribution >= 4 is 13.4 Å². The maximum absolute atomic E-state index is 13.3. The first-order valence-electron chi connectivity index (χ1n) is 7.29. The molecule has 2 fully saturated rings. The molecule has 0 heterocycles. The third-order valence-corrected chi connectivity index (χ3v) is 8.97. The average molecular weight is 256 g/mol. The van der Waals surface area contributed by atoms with Gasteiger partial charge in [-0.1, -0.05) is 38.5 Å². The summed E-state index contributed by atoms with van der Waals surface area (Å²) in [4.78, 5) is 10.9. The largest absolute Gasteiger partial charge is 0.323 e. The zero-order valence-corrected chi connectivity index (χ0v) is 11.7. The minimum absolute atomic E-state index is 0.363. The van der Waals surface area contributed by atoms with Gasteiger partial charge in [-0.25, -0.2) is 0 Å². The molecule has 0 spiro atoms. The summed E-state index contributed by atoms with van der Waals surface area (Å²) >= 11 is 0. The van der Waals surface area contributed by atoms with Crippen LogP contribution in [0.4, 0.5) is 0 Å². The third kappa shape index (κ3) is 3.02. The third-order valence-electron chi connectivity index (χ3n) is 4.75. The van der Waals surface area contributed by atoms with Crippen molar-refractivity contribution < 1.29 is 9.36 Å². The van der Waals surface area contributed by atoms with Crippen molar-refractivity contribution in [3.8, 4) is 0 Å². The predicted octanol–water partition coefficient (Wildman–Crippen LogP) is 4.21. The number of carbonyl (C=O) groups excluding carboxylic acids is 1. The Morgan fingerprint density at radius 1 is 0.824 bits per heavy atom. The van der Waals surface area contributed by atoms with Crippen molar-refractivity contribution in [2.45, 2.75) is 75.5 Å². The van der Waals surface area contributed by atoms with Crippen molar-refractivity contribution in [2.75, 3.05) is 6.16 Å². The maximum Gasteiger partial charge on any atom is 0.127 e. The molecule has 0 atom stereocenters. The number of carbonyl (C=O) groups is 1. The fraction of sp³-hybridized carbons (Fsp3) is 0.929. The summed E-state index contributed by atoms with van der Waals surface area (Å²) in [5.41, 5.74) is 0.758. The molecule has 2 rings (SSSR count). The molecule has 2 aliphatic rings. The molecule has 0 bridgehead atoms. The van der Waals surface area contributed by atoms with E-state index < -0.39 is 7.14 Å². The summed E-state index contributed by atoms with van der Waals surface area (Å²) in [6.45, 7) is 0. The minimum Gasteiger partial charge on any atom is -0.323 e. The second-order valence-corrected chi connectivity index (χ2v) is 9.32.